The Morgan fingerprint density at radius 3 is 1.73 bits per heavy atom. The van der Waals surface area contributed by atoms with Crippen LogP contribution in [0, 0.1) is 11.8 Å². The number of ether oxygens (including phenoxy) is 4. The number of carboxylic acids is 1. The number of carbonyl (C=O) groups is 1. The molecule has 0 saturated carbocycles. The molecule has 2 rings (SSSR count). The second kappa shape index (κ2) is 13.4. The summed E-state index contributed by atoms with van der Waals surface area (Å²) in [5.74, 6) is -2.55. The molecule has 2 unspecified atom stereocenters. The zero-order chi connectivity index (χ0) is 20.2. The van der Waals surface area contributed by atoms with Gasteiger partial charge in [0.1, 0.15) is 5.92 Å². The monoisotopic (exact) mass is 596 g/mol. The molecule has 2 aliphatic heterocycles. The lowest BCUT2D eigenvalue weighted by Gasteiger charge is -2.28. The molecule has 0 radical (unpaired) electrons. The minimum Gasteiger partial charge on any atom is -0.481 e. The van der Waals surface area contributed by atoms with Gasteiger partial charge in [-0.2, -0.15) is 0 Å². The summed E-state index contributed by atoms with van der Waals surface area (Å²) in [5, 5.41) is 8.92. The fraction of sp³-hybridized carbons (Fsp3) is 0.722. The van der Waals surface area contributed by atoms with E-state index >= 15 is 0 Å². The largest absolute Gasteiger partial charge is 0.481 e. The van der Waals surface area contributed by atoms with E-state index in [1.807, 2.05) is 13.0 Å². The van der Waals surface area contributed by atoms with E-state index in [1.54, 1.807) is 13.0 Å². The van der Waals surface area contributed by atoms with Gasteiger partial charge in [0.05, 0.1) is 26.4 Å². The molecule has 0 amide bonds. The first-order valence-corrected chi connectivity index (χ1v) is 14.7. The maximum absolute atomic E-state index is 10.9. The summed E-state index contributed by atoms with van der Waals surface area (Å²) in [5.41, 5.74) is 0. The highest BCUT2D eigenvalue weighted by atomic mass is 128. The minimum atomic E-state index is -0.986. The molecule has 0 bridgehead atoms. The average molecular weight is 596 g/mol. The summed E-state index contributed by atoms with van der Waals surface area (Å²) < 4.78 is 21.5. The van der Waals surface area contributed by atoms with Crippen molar-refractivity contribution in [2.45, 2.75) is 45.2 Å². The smallest absolute Gasteiger partial charge is 0.312 e. The van der Waals surface area contributed by atoms with Crippen molar-refractivity contribution in [1.82, 2.24) is 0 Å². The lowest BCUT2D eigenvalue weighted by atomic mass is 9.96. The van der Waals surface area contributed by atoms with E-state index in [-0.39, 0.29) is 5.79 Å². The molecule has 0 aliphatic carbocycles. The lowest BCUT2D eigenvalue weighted by Crippen LogP contribution is -2.40. The Labute approximate surface area is 180 Å². The van der Waals surface area contributed by atoms with Gasteiger partial charge < -0.3 is 24.1 Å². The molecule has 0 spiro atoms. The van der Waals surface area contributed by atoms with Crippen LogP contribution < -0.4 is 0 Å². The van der Waals surface area contributed by atoms with Crippen molar-refractivity contribution in [3.8, 4) is 0 Å². The quantitative estimate of drug-likeness (QED) is 0.338. The Kier molecular flexibility index (Phi) is 13.6. The molecular weight excluding hydrogens is 566 g/mol. The van der Waals surface area contributed by atoms with Crippen LogP contribution in [0.1, 0.15) is 33.6 Å². The van der Waals surface area contributed by atoms with Crippen LogP contribution >= 0.6 is 37.2 Å². The van der Waals surface area contributed by atoms with Crippen molar-refractivity contribution < 1.29 is 28.8 Å². The minimum absolute atomic E-state index is 0.353. The van der Waals surface area contributed by atoms with Crippen molar-refractivity contribution in [2.75, 3.05) is 26.4 Å². The third-order valence-electron chi connectivity index (χ3n) is 4.47. The highest BCUT2D eigenvalue weighted by Gasteiger charge is 2.43. The van der Waals surface area contributed by atoms with Gasteiger partial charge in [-0.1, -0.05) is 19.1 Å². The summed E-state index contributed by atoms with van der Waals surface area (Å²) in [6.45, 7) is 15.3. The summed E-state index contributed by atoms with van der Waals surface area (Å²) in [7, 11) is 0. The van der Waals surface area contributed by atoms with E-state index in [0.717, 1.165) is 19.6 Å². The van der Waals surface area contributed by atoms with Gasteiger partial charge in [0, 0.05) is 43.1 Å². The molecular formula is C18H30I2O6. The number of hydrogen-bond acceptors (Lipinski definition) is 5. The molecule has 26 heavy (non-hydrogen) atoms. The Morgan fingerprint density at radius 2 is 1.38 bits per heavy atom. The van der Waals surface area contributed by atoms with Crippen LogP contribution in [-0.4, -0.2) is 49.1 Å². The van der Waals surface area contributed by atoms with Crippen LogP contribution in [0.25, 0.3) is 0 Å². The molecule has 6 nitrogen and oxygen atoms in total. The van der Waals surface area contributed by atoms with Gasteiger partial charge in [-0.25, -0.2) is 0 Å². The van der Waals surface area contributed by atoms with E-state index < -0.39 is 17.7 Å². The summed E-state index contributed by atoms with van der Waals surface area (Å²) in [6.07, 6.45) is 4.76. The van der Waals surface area contributed by atoms with Gasteiger partial charge in [-0.15, -0.1) is 13.2 Å². The van der Waals surface area contributed by atoms with Crippen molar-refractivity contribution in [3.05, 3.63) is 25.3 Å². The SMILES string of the molecule is C=CCC(C(=O)O)C1(C)OCCO1.C=CCC(C)C1(C)OCCO1.II. The molecule has 2 fully saturated rings. The fourth-order valence-electron chi connectivity index (χ4n) is 2.72. The number of hydrogen-bond donors (Lipinski definition) is 1. The molecule has 0 aromatic heterocycles. The maximum atomic E-state index is 10.9. The van der Waals surface area contributed by atoms with Gasteiger partial charge in [0.2, 0.25) is 0 Å². The van der Waals surface area contributed by atoms with E-state index in [0.29, 0.717) is 25.6 Å². The van der Waals surface area contributed by atoms with Crippen LogP contribution in [0.4, 0.5) is 0 Å². The van der Waals surface area contributed by atoms with Gasteiger partial charge >= 0.3 is 5.97 Å². The molecule has 2 heterocycles. The zero-order valence-corrected chi connectivity index (χ0v) is 20.0. The number of carboxylic acid groups (broad SMARTS) is 1. The molecule has 2 atom stereocenters. The van der Waals surface area contributed by atoms with E-state index in [4.69, 9.17) is 24.1 Å². The van der Waals surface area contributed by atoms with Crippen molar-refractivity contribution in [1.29, 1.82) is 0 Å². The van der Waals surface area contributed by atoms with Crippen molar-refractivity contribution in [2.24, 2.45) is 11.8 Å². The molecule has 8 heteroatoms. The molecule has 2 saturated heterocycles. The summed E-state index contributed by atoms with van der Waals surface area (Å²) >= 11 is 4.24. The first-order valence-electron chi connectivity index (χ1n) is 8.43. The highest BCUT2D eigenvalue weighted by molar-refractivity contribution is 15.0. The van der Waals surface area contributed by atoms with Crippen LogP contribution in [0.3, 0.4) is 0 Å². The van der Waals surface area contributed by atoms with Crippen LogP contribution in [0.15, 0.2) is 25.3 Å². The Bertz CT molecular complexity index is 431. The first kappa shape index (κ1) is 26.2. The number of aliphatic carboxylic acids is 1. The van der Waals surface area contributed by atoms with Gasteiger partial charge in [0.15, 0.2) is 11.6 Å². The Hall–Kier alpha value is 0.250. The highest BCUT2D eigenvalue weighted by Crippen LogP contribution is 2.31. The standard InChI is InChI=1S/C9H14O4.C9H16O2.I2/c1-3-4-7(8(10)11)9(2)12-5-6-13-9;1-4-5-8(2)9(3)10-6-7-11-9;1-2/h3,7H,1,4-6H2,2H3,(H,10,11);4,8H,1,5-7H2,2-3H3;. The normalized spacial score (nSPS) is 22.0. The van der Waals surface area contributed by atoms with Crippen LogP contribution in [0.2, 0.25) is 0 Å². The first-order chi connectivity index (χ1) is 12.3. The average Bonchev–Trinajstić information content (AvgIpc) is 3.25. The molecule has 1 N–H and O–H groups in total. The topological polar surface area (TPSA) is 74.2 Å². The molecule has 2 aliphatic rings. The fourth-order valence-corrected chi connectivity index (χ4v) is 2.72. The van der Waals surface area contributed by atoms with Crippen LogP contribution in [-0.2, 0) is 23.7 Å². The van der Waals surface area contributed by atoms with Crippen molar-refractivity contribution >= 4 is 43.2 Å². The second-order valence-corrected chi connectivity index (χ2v) is 6.27. The van der Waals surface area contributed by atoms with E-state index in [1.165, 1.54) is 0 Å². The summed E-state index contributed by atoms with van der Waals surface area (Å²) in [4.78, 5) is 10.9. The number of rotatable bonds is 7. The molecule has 152 valence electrons. The molecule has 0 aromatic carbocycles. The predicted molar refractivity (Wildman–Crippen MR) is 119 cm³/mol. The third-order valence-corrected chi connectivity index (χ3v) is 4.47. The lowest BCUT2D eigenvalue weighted by molar-refractivity contribution is -0.196. The number of allylic oxidation sites excluding steroid dienone is 2. The zero-order valence-electron chi connectivity index (χ0n) is 15.7. The Balaban J connectivity index is 0.000000444. The van der Waals surface area contributed by atoms with Gasteiger partial charge in [-0.05, 0) is 26.7 Å². The number of halogens is 2. The summed E-state index contributed by atoms with van der Waals surface area (Å²) in [6, 6.07) is 0. The van der Waals surface area contributed by atoms with Crippen LogP contribution in [0.5, 0.6) is 0 Å². The van der Waals surface area contributed by atoms with Gasteiger partial charge in [-0.3, -0.25) is 4.79 Å². The Morgan fingerprint density at radius 1 is 1.00 bits per heavy atom. The predicted octanol–water partition coefficient (Wildman–Crippen LogP) is 4.76. The second-order valence-electron chi connectivity index (χ2n) is 6.27. The maximum Gasteiger partial charge on any atom is 0.312 e. The molecule has 0 aromatic rings. The van der Waals surface area contributed by atoms with E-state index in [2.05, 4.69) is 57.3 Å². The van der Waals surface area contributed by atoms with Gasteiger partial charge in [0.25, 0.3) is 0 Å². The third kappa shape index (κ3) is 8.09. The van der Waals surface area contributed by atoms with Crippen molar-refractivity contribution in [3.63, 3.8) is 0 Å². The van der Waals surface area contributed by atoms with E-state index in [9.17, 15) is 4.79 Å².